The number of hydrogen-bond donors (Lipinski definition) is 1. The summed E-state index contributed by atoms with van der Waals surface area (Å²) in [5.74, 6) is -1.84. The van der Waals surface area contributed by atoms with E-state index in [1.165, 1.54) is 4.90 Å². The molecule has 1 aromatic rings. The highest BCUT2D eigenvalue weighted by atomic mass is 79.9. The standard InChI is InChI=1S/C14H16BrF3N2O/c1-8-11(5-10(15)6-12(8)19)13(21)20-4-2-3-9(7-20)14(16,17)18/h5-6,9H,2-4,7,19H2,1H3. The number of carbonyl (C=O) groups is 1. The number of nitrogens with zero attached hydrogens (tertiary/aromatic N) is 1. The van der Waals surface area contributed by atoms with Crippen molar-refractivity contribution in [1.29, 1.82) is 0 Å². The maximum Gasteiger partial charge on any atom is 0.393 e. The van der Waals surface area contributed by atoms with Gasteiger partial charge in [0.2, 0.25) is 0 Å². The number of halogens is 4. The third kappa shape index (κ3) is 3.51. The van der Waals surface area contributed by atoms with Gasteiger partial charge in [0.15, 0.2) is 0 Å². The molecule has 0 spiro atoms. The second-order valence-electron chi connectivity index (χ2n) is 5.30. The van der Waals surface area contributed by atoms with Gasteiger partial charge in [-0.15, -0.1) is 0 Å². The molecule has 1 saturated heterocycles. The molecule has 0 aromatic heterocycles. The van der Waals surface area contributed by atoms with Gasteiger partial charge in [-0.1, -0.05) is 15.9 Å². The van der Waals surface area contributed by atoms with E-state index >= 15 is 0 Å². The molecule has 0 radical (unpaired) electrons. The van der Waals surface area contributed by atoms with Crippen LogP contribution in [0.3, 0.4) is 0 Å². The van der Waals surface area contributed by atoms with Gasteiger partial charge in [-0.3, -0.25) is 4.79 Å². The van der Waals surface area contributed by atoms with E-state index in [-0.39, 0.29) is 13.0 Å². The van der Waals surface area contributed by atoms with Crippen LogP contribution in [0.15, 0.2) is 16.6 Å². The van der Waals surface area contributed by atoms with Crippen molar-refractivity contribution < 1.29 is 18.0 Å². The van der Waals surface area contributed by atoms with Crippen molar-refractivity contribution in [2.45, 2.75) is 25.9 Å². The molecule has 2 rings (SSSR count). The van der Waals surface area contributed by atoms with Gasteiger partial charge in [-0.25, -0.2) is 0 Å². The van der Waals surface area contributed by atoms with E-state index in [0.717, 1.165) is 0 Å². The van der Waals surface area contributed by atoms with Crippen LogP contribution in [0, 0.1) is 12.8 Å². The van der Waals surface area contributed by atoms with Crippen molar-refractivity contribution in [3.63, 3.8) is 0 Å². The summed E-state index contributed by atoms with van der Waals surface area (Å²) >= 11 is 3.25. The quantitative estimate of drug-likeness (QED) is 0.771. The highest BCUT2D eigenvalue weighted by Gasteiger charge is 2.42. The Labute approximate surface area is 129 Å². The minimum absolute atomic E-state index is 0.0763. The van der Waals surface area contributed by atoms with E-state index in [1.54, 1.807) is 19.1 Å². The Hall–Kier alpha value is -1.24. The zero-order valence-corrected chi connectivity index (χ0v) is 13.1. The predicted octanol–water partition coefficient (Wildman–Crippen LogP) is 3.75. The molecule has 0 saturated carbocycles. The molecule has 116 valence electrons. The van der Waals surface area contributed by atoms with E-state index in [0.29, 0.717) is 34.3 Å². The fraction of sp³-hybridized carbons (Fsp3) is 0.500. The van der Waals surface area contributed by atoms with E-state index in [1.807, 2.05) is 0 Å². The Morgan fingerprint density at radius 1 is 1.43 bits per heavy atom. The minimum Gasteiger partial charge on any atom is -0.398 e. The molecule has 3 nitrogen and oxygen atoms in total. The summed E-state index contributed by atoms with van der Waals surface area (Å²) in [6, 6.07) is 3.27. The largest absolute Gasteiger partial charge is 0.398 e. The van der Waals surface area contributed by atoms with Gasteiger partial charge in [-0.2, -0.15) is 13.2 Å². The van der Waals surface area contributed by atoms with Crippen LogP contribution in [-0.4, -0.2) is 30.1 Å². The van der Waals surface area contributed by atoms with Crippen molar-refractivity contribution in [2.24, 2.45) is 5.92 Å². The molecule has 1 atom stereocenters. The van der Waals surface area contributed by atoms with Crippen LogP contribution in [0.25, 0.3) is 0 Å². The van der Waals surface area contributed by atoms with Gasteiger partial charge < -0.3 is 10.6 Å². The summed E-state index contributed by atoms with van der Waals surface area (Å²) in [5.41, 5.74) is 7.19. The fourth-order valence-electron chi connectivity index (χ4n) is 2.52. The molecule has 1 fully saturated rings. The first-order chi connectivity index (χ1) is 9.70. The third-order valence-corrected chi connectivity index (χ3v) is 4.27. The highest BCUT2D eigenvalue weighted by molar-refractivity contribution is 9.10. The number of anilines is 1. The lowest BCUT2D eigenvalue weighted by Gasteiger charge is -2.34. The Bertz CT molecular complexity index is 560. The summed E-state index contributed by atoms with van der Waals surface area (Å²) in [6.45, 7) is 1.76. The highest BCUT2D eigenvalue weighted by Crippen LogP contribution is 2.34. The van der Waals surface area contributed by atoms with Crippen molar-refractivity contribution in [3.8, 4) is 0 Å². The lowest BCUT2D eigenvalue weighted by atomic mass is 9.96. The minimum atomic E-state index is -4.26. The van der Waals surface area contributed by atoms with Crippen LogP contribution in [0.5, 0.6) is 0 Å². The first kappa shape index (κ1) is 16.1. The molecule has 1 aromatic carbocycles. The Balaban J connectivity index is 2.24. The first-order valence-corrected chi connectivity index (χ1v) is 7.41. The van der Waals surface area contributed by atoms with Crippen LogP contribution in [-0.2, 0) is 0 Å². The van der Waals surface area contributed by atoms with Gasteiger partial charge in [0, 0.05) is 28.8 Å². The zero-order valence-electron chi connectivity index (χ0n) is 11.5. The maximum absolute atomic E-state index is 12.8. The summed E-state index contributed by atoms with van der Waals surface area (Å²) in [5, 5.41) is 0. The molecule has 1 amide bonds. The van der Waals surface area contributed by atoms with E-state index in [2.05, 4.69) is 15.9 Å². The van der Waals surface area contributed by atoms with Gasteiger partial charge >= 0.3 is 6.18 Å². The summed E-state index contributed by atoms with van der Waals surface area (Å²) in [4.78, 5) is 13.8. The van der Waals surface area contributed by atoms with Gasteiger partial charge in [0.1, 0.15) is 0 Å². The monoisotopic (exact) mass is 364 g/mol. The SMILES string of the molecule is Cc1c(N)cc(Br)cc1C(=O)N1CCCC(C(F)(F)F)C1. The van der Waals surface area contributed by atoms with Crippen LogP contribution in [0.4, 0.5) is 18.9 Å². The van der Waals surface area contributed by atoms with E-state index in [9.17, 15) is 18.0 Å². The van der Waals surface area contributed by atoms with Gasteiger partial charge in [0.05, 0.1) is 5.92 Å². The van der Waals surface area contributed by atoms with Gasteiger partial charge in [0.25, 0.3) is 5.91 Å². The molecular formula is C14H16BrF3N2O. The van der Waals surface area contributed by atoms with E-state index < -0.39 is 18.0 Å². The Morgan fingerprint density at radius 2 is 2.10 bits per heavy atom. The number of piperidine rings is 1. The fourth-order valence-corrected chi connectivity index (χ4v) is 3.00. The average molecular weight is 365 g/mol. The number of benzene rings is 1. The lowest BCUT2D eigenvalue weighted by molar-refractivity contribution is -0.184. The number of alkyl halides is 3. The summed E-state index contributed by atoms with van der Waals surface area (Å²) in [6.07, 6.45) is -3.82. The number of nitrogen functional groups attached to an aromatic ring is 1. The number of hydrogen-bond acceptors (Lipinski definition) is 2. The summed E-state index contributed by atoms with van der Waals surface area (Å²) < 4.78 is 39.1. The Kier molecular flexibility index (Phi) is 4.51. The van der Waals surface area contributed by atoms with Crippen molar-refractivity contribution in [1.82, 2.24) is 4.90 Å². The molecule has 0 aliphatic carbocycles. The normalized spacial score (nSPS) is 19.7. The van der Waals surface area contributed by atoms with Gasteiger partial charge in [-0.05, 0) is 37.5 Å². The number of nitrogens with two attached hydrogens (primary N) is 1. The van der Waals surface area contributed by atoms with E-state index in [4.69, 9.17) is 5.73 Å². The second-order valence-corrected chi connectivity index (χ2v) is 6.22. The molecule has 7 heteroatoms. The second kappa shape index (κ2) is 5.87. The van der Waals surface area contributed by atoms with Crippen molar-refractivity contribution in [2.75, 3.05) is 18.8 Å². The smallest absolute Gasteiger partial charge is 0.393 e. The van der Waals surface area contributed by atoms with Crippen LogP contribution < -0.4 is 5.73 Å². The number of amides is 1. The molecule has 0 bridgehead atoms. The van der Waals surface area contributed by atoms with Crippen molar-refractivity contribution in [3.05, 3.63) is 27.7 Å². The maximum atomic E-state index is 12.8. The third-order valence-electron chi connectivity index (χ3n) is 3.81. The molecule has 1 unspecified atom stereocenters. The predicted molar refractivity (Wildman–Crippen MR) is 78.0 cm³/mol. The number of carbonyl (C=O) groups excluding carboxylic acids is 1. The zero-order chi connectivity index (χ0) is 15.8. The molecule has 21 heavy (non-hydrogen) atoms. The number of likely N-dealkylation sites (tertiary alicyclic amines) is 1. The van der Waals surface area contributed by atoms with Crippen LogP contribution >= 0.6 is 15.9 Å². The topological polar surface area (TPSA) is 46.3 Å². The molecule has 1 aliphatic heterocycles. The van der Waals surface area contributed by atoms with Crippen molar-refractivity contribution >= 4 is 27.5 Å². The van der Waals surface area contributed by atoms with Crippen LogP contribution in [0.2, 0.25) is 0 Å². The first-order valence-electron chi connectivity index (χ1n) is 6.61. The molecule has 1 aliphatic rings. The lowest BCUT2D eigenvalue weighted by Crippen LogP contribution is -2.44. The Morgan fingerprint density at radius 3 is 2.71 bits per heavy atom. The molecule has 1 heterocycles. The molecular weight excluding hydrogens is 349 g/mol. The average Bonchev–Trinajstić information content (AvgIpc) is 2.41. The molecule has 2 N–H and O–H groups in total. The number of rotatable bonds is 1. The summed E-state index contributed by atoms with van der Waals surface area (Å²) in [7, 11) is 0. The van der Waals surface area contributed by atoms with Crippen LogP contribution in [0.1, 0.15) is 28.8 Å².